The third-order valence-corrected chi connectivity index (χ3v) is 3.77. The molecule has 2 rings (SSSR count). The SMILES string of the molecule is CCC(NCc1cc(C)cc(C)c1)c1ccc(Cl)cc1. The third-order valence-electron chi connectivity index (χ3n) is 3.51. The standard InChI is InChI=1S/C18H22ClN/c1-4-18(16-5-7-17(19)8-6-16)20-12-15-10-13(2)9-14(3)11-15/h5-11,18,20H,4,12H2,1-3H3. The molecule has 1 N–H and O–H groups in total. The molecule has 0 bridgehead atoms. The van der Waals surface area contributed by atoms with Crippen molar-refractivity contribution in [2.45, 2.75) is 39.8 Å². The second-order valence-corrected chi connectivity index (χ2v) is 5.83. The Morgan fingerprint density at radius 1 is 1.00 bits per heavy atom. The molecular formula is C18H22ClN. The van der Waals surface area contributed by atoms with Crippen molar-refractivity contribution in [2.24, 2.45) is 0 Å². The largest absolute Gasteiger partial charge is 0.306 e. The van der Waals surface area contributed by atoms with Crippen LogP contribution < -0.4 is 5.32 Å². The first-order valence-corrected chi connectivity index (χ1v) is 7.52. The van der Waals surface area contributed by atoms with Gasteiger partial charge in [-0.25, -0.2) is 0 Å². The van der Waals surface area contributed by atoms with E-state index in [1.165, 1.54) is 22.3 Å². The van der Waals surface area contributed by atoms with Gasteiger partial charge in [-0.05, 0) is 43.5 Å². The smallest absolute Gasteiger partial charge is 0.0406 e. The Bertz CT molecular complexity index is 540. The number of aryl methyl sites for hydroxylation is 2. The van der Waals surface area contributed by atoms with Crippen molar-refractivity contribution in [1.82, 2.24) is 5.32 Å². The Hall–Kier alpha value is -1.31. The van der Waals surface area contributed by atoms with Gasteiger partial charge >= 0.3 is 0 Å². The lowest BCUT2D eigenvalue weighted by molar-refractivity contribution is 0.519. The number of benzene rings is 2. The van der Waals surface area contributed by atoms with Crippen LogP contribution in [0, 0.1) is 13.8 Å². The average Bonchev–Trinajstić information content (AvgIpc) is 2.40. The first kappa shape index (κ1) is 15.1. The second-order valence-electron chi connectivity index (χ2n) is 5.39. The molecule has 0 saturated heterocycles. The van der Waals surface area contributed by atoms with Crippen molar-refractivity contribution in [2.75, 3.05) is 0 Å². The van der Waals surface area contributed by atoms with Crippen LogP contribution in [0.1, 0.15) is 41.6 Å². The van der Waals surface area contributed by atoms with Gasteiger partial charge < -0.3 is 5.32 Å². The summed E-state index contributed by atoms with van der Waals surface area (Å²) in [4.78, 5) is 0. The molecular weight excluding hydrogens is 266 g/mol. The van der Waals surface area contributed by atoms with E-state index in [9.17, 15) is 0 Å². The van der Waals surface area contributed by atoms with Crippen molar-refractivity contribution >= 4 is 11.6 Å². The fourth-order valence-corrected chi connectivity index (χ4v) is 2.73. The van der Waals surface area contributed by atoms with Gasteiger partial charge in [-0.3, -0.25) is 0 Å². The van der Waals surface area contributed by atoms with E-state index in [4.69, 9.17) is 11.6 Å². The topological polar surface area (TPSA) is 12.0 Å². The highest BCUT2D eigenvalue weighted by molar-refractivity contribution is 6.30. The van der Waals surface area contributed by atoms with Crippen LogP contribution in [-0.2, 0) is 6.54 Å². The minimum atomic E-state index is 0.369. The lowest BCUT2D eigenvalue weighted by Crippen LogP contribution is -2.20. The molecule has 20 heavy (non-hydrogen) atoms. The Kier molecular flexibility index (Phi) is 5.22. The summed E-state index contributed by atoms with van der Waals surface area (Å²) in [7, 11) is 0. The summed E-state index contributed by atoms with van der Waals surface area (Å²) in [5.41, 5.74) is 5.28. The Labute approximate surface area is 127 Å². The van der Waals surface area contributed by atoms with Crippen LogP contribution in [-0.4, -0.2) is 0 Å². The molecule has 0 aliphatic rings. The number of nitrogens with one attached hydrogen (secondary N) is 1. The summed E-state index contributed by atoms with van der Waals surface area (Å²) in [5, 5.41) is 4.42. The average molecular weight is 288 g/mol. The zero-order valence-electron chi connectivity index (χ0n) is 12.4. The molecule has 0 aliphatic heterocycles. The van der Waals surface area contributed by atoms with E-state index in [1.807, 2.05) is 12.1 Å². The molecule has 0 saturated carbocycles. The van der Waals surface area contributed by atoms with E-state index in [-0.39, 0.29) is 0 Å². The zero-order chi connectivity index (χ0) is 14.5. The number of halogens is 1. The van der Waals surface area contributed by atoms with E-state index >= 15 is 0 Å². The minimum Gasteiger partial charge on any atom is -0.306 e. The maximum Gasteiger partial charge on any atom is 0.0406 e. The van der Waals surface area contributed by atoms with Crippen LogP contribution in [0.3, 0.4) is 0 Å². The van der Waals surface area contributed by atoms with Gasteiger partial charge in [0.15, 0.2) is 0 Å². The molecule has 1 atom stereocenters. The highest BCUT2D eigenvalue weighted by Crippen LogP contribution is 2.20. The molecule has 2 heteroatoms. The molecule has 1 unspecified atom stereocenters. The maximum atomic E-state index is 5.95. The van der Waals surface area contributed by atoms with E-state index in [0.717, 1.165) is 18.0 Å². The molecule has 2 aromatic carbocycles. The second kappa shape index (κ2) is 6.92. The molecule has 0 radical (unpaired) electrons. The fraction of sp³-hybridized carbons (Fsp3) is 0.333. The Balaban J connectivity index is 2.05. The van der Waals surface area contributed by atoms with Crippen LogP contribution >= 0.6 is 11.6 Å². The van der Waals surface area contributed by atoms with Crippen molar-refractivity contribution in [3.8, 4) is 0 Å². The van der Waals surface area contributed by atoms with Crippen molar-refractivity contribution in [3.05, 3.63) is 69.7 Å². The first-order chi connectivity index (χ1) is 9.58. The van der Waals surface area contributed by atoms with Crippen molar-refractivity contribution < 1.29 is 0 Å². The lowest BCUT2D eigenvalue weighted by atomic mass is 10.0. The highest BCUT2D eigenvalue weighted by atomic mass is 35.5. The quantitative estimate of drug-likeness (QED) is 0.797. The summed E-state index contributed by atoms with van der Waals surface area (Å²) >= 11 is 5.95. The maximum absolute atomic E-state index is 5.95. The van der Waals surface area contributed by atoms with Gasteiger partial charge in [0.25, 0.3) is 0 Å². The number of rotatable bonds is 5. The summed E-state index contributed by atoms with van der Waals surface area (Å²) in [6.07, 6.45) is 1.06. The Morgan fingerprint density at radius 3 is 2.15 bits per heavy atom. The van der Waals surface area contributed by atoms with E-state index in [1.54, 1.807) is 0 Å². The molecule has 0 aromatic heterocycles. The molecule has 0 aliphatic carbocycles. The number of hydrogen-bond donors (Lipinski definition) is 1. The van der Waals surface area contributed by atoms with Gasteiger partial charge in [0.05, 0.1) is 0 Å². The zero-order valence-corrected chi connectivity index (χ0v) is 13.2. The fourth-order valence-electron chi connectivity index (χ4n) is 2.61. The van der Waals surface area contributed by atoms with E-state index in [0.29, 0.717) is 6.04 Å². The summed E-state index contributed by atoms with van der Waals surface area (Å²) < 4.78 is 0. The van der Waals surface area contributed by atoms with E-state index < -0.39 is 0 Å². The van der Waals surface area contributed by atoms with Gasteiger partial charge in [0.1, 0.15) is 0 Å². The number of hydrogen-bond acceptors (Lipinski definition) is 1. The van der Waals surface area contributed by atoms with Crippen LogP contribution in [0.15, 0.2) is 42.5 Å². The van der Waals surface area contributed by atoms with Gasteiger partial charge in [-0.2, -0.15) is 0 Å². The summed E-state index contributed by atoms with van der Waals surface area (Å²) in [6, 6.07) is 15.2. The molecule has 1 nitrogen and oxygen atoms in total. The van der Waals surface area contributed by atoms with Crippen LogP contribution in [0.2, 0.25) is 5.02 Å². The van der Waals surface area contributed by atoms with Crippen LogP contribution in [0.5, 0.6) is 0 Å². The lowest BCUT2D eigenvalue weighted by Gasteiger charge is -2.18. The van der Waals surface area contributed by atoms with Crippen LogP contribution in [0.25, 0.3) is 0 Å². The summed E-state index contributed by atoms with van der Waals surface area (Å²) in [6.45, 7) is 7.39. The van der Waals surface area contributed by atoms with Crippen molar-refractivity contribution in [3.63, 3.8) is 0 Å². The molecule has 0 spiro atoms. The molecule has 106 valence electrons. The van der Waals surface area contributed by atoms with Gasteiger partial charge in [0, 0.05) is 17.6 Å². The molecule has 0 fully saturated rings. The van der Waals surface area contributed by atoms with E-state index in [2.05, 4.69) is 56.4 Å². The molecule has 2 aromatic rings. The molecule has 0 amide bonds. The minimum absolute atomic E-state index is 0.369. The first-order valence-electron chi connectivity index (χ1n) is 7.14. The van der Waals surface area contributed by atoms with Crippen molar-refractivity contribution in [1.29, 1.82) is 0 Å². The van der Waals surface area contributed by atoms with Gasteiger partial charge in [-0.15, -0.1) is 0 Å². The monoisotopic (exact) mass is 287 g/mol. The Morgan fingerprint density at radius 2 is 1.60 bits per heavy atom. The van der Waals surface area contributed by atoms with Crippen LogP contribution in [0.4, 0.5) is 0 Å². The predicted octanol–water partition coefficient (Wildman–Crippen LogP) is 5.20. The highest BCUT2D eigenvalue weighted by Gasteiger charge is 2.08. The summed E-state index contributed by atoms with van der Waals surface area (Å²) in [5.74, 6) is 0. The normalized spacial score (nSPS) is 12.4. The van der Waals surface area contributed by atoms with Gasteiger partial charge in [-0.1, -0.05) is 60.0 Å². The van der Waals surface area contributed by atoms with Gasteiger partial charge in [0.2, 0.25) is 0 Å². The molecule has 0 heterocycles. The predicted molar refractivity (Wildman–Crippen MR) is 87.2 cm³/mol. The third kappa shape index (κ3) is 4.09.